The fourth-order valence-electron chi connectivity index (χ4n) is 1.79. The predicted molar refractivity (Wildman–Crippen MR) is 50.7 cm³/mol. The van der Waals surface area contributed by atoms with Gasteiger partial charge in [-0.2, -0.15) is 0 Å². The molecule has 2 atom stereocenters. The van der Waals surface area contributed by atoms with Crippen molar-refractivity contribution in [2.75, 3.05) is 0 Å². The third kappa shape index (κ3) is 3.60. The Morgan fingerprint density at radius 1 is 1.23 bits per heavy atom. The van der Waals surface area contributed by atoms with Crippen LogP contribution in [0.4, 0.5) is 0 Å². The van der Waals surface area contributed by atoms with Gasteiger partial charge in [-0.3, -0.25) is 4.84 Å². The van der Waals surface area contributed by atoms with E-state index < -0.39 is 0 Å². The van der Waals surface area contributed by atoms with Crippen LogP contribution >= 0.6 is 0 Å². The van der Waals surface area contributed by atoms with Crippen LogP contribution in [-0.2, 0) is 9.57 Å². The SMILES string of the molecule is CC(C)O[C@H]1CCCC[C@@H]1ONN. The summed E-state index contributed by atoms with van der Waals surface area (Å²) in [7, 11) is 0. The van der Waals surface area contributed by atoms with Crippen LogP contribution < -0.4 is 11.4 Å². The molecular formula is C9H20N2O2. The molecular weight excluding hydrogens is 168 g/mol. The second-order valence-electron chi connectivity index (χ2n) is 3.78. The molecule has 1 aliphatic rings. The van der Waals surface area contributed by atoms with Crippen LogP contribution in [0.3, 0.4) is 0 Å². The molecule has 0 heterocycles. The molecule has 78 valence electrons. The number of hydrogen-bond donors (Lipinski definition) is 2. The van der Waals surface area contributed by atoms with E-state index in [-0.39, 0.29) is 18.3 Å². The molecule has 1 rings (SSSR count). The van der Waals surface area contributed by atoms with Gasteiger partial charge < -0.3 is 4.74 Å². The minimum absolute atomic E-state index is 0.112. The molecule has 1 aliphatic carbocycles. The van der Waals surface area contributed by atoms with E-state index in [1.807, 2.05) is 13.8 Å². The van der Waals surface area contributed by atoms with Gasteiger partial charge in [-0.25, -0.2) is 5.84 Å². The highest BCUT2D eigenvalue weighted by Crippen LogP contribution is 2.23. The molecule has 4 nitrogen and oxygen atoms in total. The van der Waals surface area contributed by atoms with Crippen LogP contribution in [0, 0.1) is 0 Å². The minimum atomic E-state index is 0.112. The summed E-state index contributed by atoms with van der Waals surface area (Å²) >= 11 is 0. The van der Waals surface area contributed by atoms with Crippen LogP contribution in [0.2, 0.25) is 0 Å². The highest BCUT2D eigenvalue weighted by atomic mass is 16.7. The molecule has 0 spiro atoms. The Kier molecular flexibility index (Phi) is 4.66. The standard InChI is InChI=1S/C9H20N2O2/c1-7(2)12-8-5-3-4-6-9(8)13-11-10/h7-9,11H,3-6,10H2,1-2H3/t8-,9-/m0/s1. The number of ether oxygens (including phenoxy) is 1. The van der Waals surface area contributed by atoms with E-state index in [1.165, 1.54) is 12.8 Å². The molecule has 1 fully saturated rings. The summed E-state index contributed by atoms with van der Waals surface area (Å²) in [4.78, 5) is 5.20. The van der Waals surface area contributed by atoms with Crippen molar-refractivity contribution < 1.29 is 9.57 Å². The van der Waals surface area contributed by atoms with Crippen molar-refractivity contribution in [2.45, 2.75) is 57.8 Å². The molecule has 1 saturated carbocycles. The van der Waals surface area contributed by atoms with Gasteiger partial charge in [0.05, 0.1) is 12.2 Å². The number of hydrogen-bond acceptors (Lipinski definition) is 4. The summed E-state index contributed by atoms with van der Waals surface area (Å²) in [5.74, 6) is 5.12. The summed E-state index contributed by atoms with van der Waals surface area (Å²) in [6.45, 7) is 4.09. The topological polar surface area (TPSA) is 56.5 Å². The monoisotopic (exact) mass is 188 g/mol. The summed E-state index contributed by atoms with van der Waals surface area (Å²) in [5, 5.41) is 0. The molecule has 0 aromatic carbocycles. The van der Waals surface area contributed by atoms with E-state index >= 15 is 0 Å². The largest absolute Gasteiger partial charge is 0.373 e. The van der Waals surface area contributed by atoms with Crippen molar-refractivity contribution in [1.29, 1.82) is 0 Å². The zero-order valence-electron chi connectivity index (χ0n) is 8.45. The van der Waals surface area contributed by atoms with Gasteiger partial charge in [0.15, 0.2) is 0 Å². The Bertz CT molecular complexity index is 140. The molecule has 13 heavy (non-hydrogen) atoms. The second kappa shape index (κ2) is 5.54. The van der Waals surface area contributed by atoms with Crippen molar-refractivity contribution in [3.05, 3.63) is 0 Å². The van der Waals surface area contributed by atoms with Crippen molar-refractivity contribution in [1.82, 2.24) is 5.59 Å². The third-order valence-electron chi connectivity index (χ3n) is 2.31. The quantitative estimate of drug-likeness (QED) is 0.512. The fraction of sp³-hybridized carbons (Fsp3) is 1.00. The smallest absolute Gasteiger partial charge is 0.107 e. The van der Waals surface area contributed by atoms with Crippen molar-refractivity contribution >= 4 is 0 Å². The summed E-state index contributed by atoms with van der Waals surface area (Å²) in [6.07, 6.45) is 5.09. The highest BCUT2D eigenvalue weighted by Gasteiger charge is 2.27. The van der Waals surface area contributed by atoms with Gasteiger partial charge in [-0.05, 0) is 26.7 Å². The number of nitrogens with two attached hydrogens (primary N) is 1. The minimum Gasteiger partial charge on any atom is -0.373 e. The van der Waals surface area contributed by atoms with E-state index in [0.29, 0.717) is 0 Å². The maximum Gasteiger partial charge on any atom is 0.107 e. The lowest BCUT2D eigenvalue weighted by Crippen LogP contribution is -2.41. The summed E-state index contributed by atoms with van der Waals surface area (Å²) in [6, 6.07) is 0. The van der Waals surface area contributed by atoms with Crippen LogP contribution in [0.5, 0.6) is 0 Å². The van der Waals surface area contributed by atoms with Gasteiger partial charge >= 0.3 is 0 Å². The zero-order chi connectivity index (χ0) is 9.68. The van der Waals surface area contributed by atoms with Crippen LogP contribution in [0.15, 0.2) is 0 Å². The second-order valence-corrected chi connectivity index (χ2v) is 3.78. The molecule has 4 heteroatoms. The summed E-state index contributed by atoms with van der Waals surface area (Å²) < 4.78 is 5.74. The van der Waals surface area contributed by atoms with Crippen LogP contribution in [0.25, 0.3) is 0 Å². The molecule has 0 unspecified atom stereocenters. The van der Waals surface area contributed by atoms with E-state index in [0.717, 1.165) is 12.8 Å². The van der Waals surface area contributed by atoms with E-state index in [2.05, 4.69) is 5.59 Å². The fourth-order valence-corrected chi connectivity index (χ4v) is 1.79. The molecule has 0 aromatic rings. The first-order valence-corrected chi connectivity index (χ1v) is 5.00. The molecule has 0 saturated heterocycles. The van der Waals surface area contributed by atoms with Crippen molar-refractivity contribution in [2.24, 2.45) is 5.84 Å². The lowest BCUT2D eigenvalue weighted by Gasteiger charge is -2.31. The molecule has 0 aromatic heterocycles. The zero-order valence-corrected chi connectivity index (χ0v) is 8.45. The first-order valence-electron chi connectivity index (χ1n) is 5.00. The predicted octanol–water partition coefficient (Wildman–Crippen LogP) is 1.12. The average molecular weight is 188 g/mol. The van der Waals surface area contributed by atoms with Crippen LogP contribution in [-0.4, -0.2) is 18.3 Å². The van der Waals surface area contributed by atoms with E-state index in [4.69, 9.17) is 15.4 Å². The molecule has 3 N–H and O–H groups in total. The molecule has 0 radical (unpaired) electrons. The van der Waals surface area contributed by atoms with Gasteiger partial charge in [-0.15, -0.1) is 5.59 Å². The van der Waals surface area contributed by atoms with Gasteiger partial charge in [0.25, 0.3) is 0 Å². The van der Waals surface area contributed by atoms with E-state index in [9.17, 15) is 0 Å². The van der Waals surface area contributed by atoms with Gasteiger partial charge in [0.2, 0.25) is 0 Å². The Morgan fingerprint density at radius 3 is 2.38 bits per heavy atom. The molecule has 0 aliphatic heterocycles. The maximum atomic E-state index is 5.74. The number of nitrogens with one attached hydrogen (secondary N) is 1. The number of rotatable bonds is 4. The molecule has 0 bridgehead atoms. The lowest BCUT2D eigenvalue weighted by molar-refractivity contribution is -0.140. The first-order chi connectivity index (χ1) is 6.24. The van der Waals surface area contributed by atoms with Crippen molar-refractivity contribution in [3.63, 3.8) is 0 Å². The third-order valence-corrected chi connectivity index (χ3v) is 2.31. The number of hydrazine groups is 1. The average Bonchev–Trinajstić information content (AvgIpc) is 2.08. The van der Waals surface area contributed by atoms with Crippen LogP contribution in [0.1, 0.15) is 39.5 Å². The van der Waals surface area contributed by atoms with Gasteiger partial charge in [0, 0.05) is 0 Å². The highest BCUT2D eigenvalue weighted by molar-refractivity contribution is 4.76. The summed E-state index contributed by atoms with van der Waals surface area (Å²) in [5.41, 5.74) is 2.26. The Morgan fingerprint density at radius 2 is 1.85 bits per heavy atom. The molecule has 0 amide bonds. The van der Waals surface area contributed by atoms with Gasteiger partial charge in [-0.1, -0.05) is 12.8 Å². The van der Waals surface area contributed by atoms with E-state index in [1.54, 1.807) is 0 Å². The Hall–Kier alpha value is -0.160. The van der Waals surface area contributed by atoms with Crippen molar-refractivity contribution in [3.8, 4) is 0 Å². The Balaban J connectivity index is 2.36. The van der Waals surface area contributed by atoms with Gasteiger partial charge in [0.1, 0.15) is 6.10 Å². The Labute approximate surface area is 79.7 Å². The normalized spacial score (nSPS) is 29.5. The maximum absolute atomic E-state index is 5.74. The first kappa shape index (κ1) is 10.9. The lowest BCUT2D eigenvalue weighted by atomic mass is 9.94.